The fraction of sp³-hybridized carbons (Fsp3) is 0.471. The molecule has 0 unspecified atom stereocenters. The summed E-state index contributed by atoms with van der Waals surface area (Å²) in [5, 5.41) is 18.2. The molecule has 3 aromatic rings. The molecule has 0 atom stereocenters. The van der Waals surface area contributed by atoms with Crippen molar-refractivity contribution in [3.05, 3.63) is 28.6 Å². The predicted molar refractivity (Wildman–Crippen MR) is 125 cm³/mol. The molecule has 0 aliphatic carbocycles. The maximum absolute atomic E-state index is 4.61. The molecule has 0 aliphatic rings. The number of nitrogens with zero attached hydrogens (tertiary/aromatic N) is 6. The highest BCUT2D eigenvalue weighted by Gasteiger charge is 2.07. The number of rotatable bonds is 8. The molecule has 152 valence electrons. The molecule has 0 aliphatic heterocycles. The van der Waals surface area contributed by atoms with Crippen molar-refractivity contribution in [3.63, 3.8) is 0 Å². The molecule has 3 rings (SSSR count). The van der Waals surface area contributed by atoms with Crippen LogP contribution in [-0.2, 0) is 13.5 Å². The minimum atomic E-state index is 0. The van der Waals surface area contributed by atoms with Gasteiger partial charge in [0, 0.05) is 45.0 Å². The number of halogens is 1. The molecule has 0 amide bonds. The van der Waals surface area contributed by atoms with Crippen molar-refractivity contribution in [3.8, 4) is 0 Å². The van der Waals surface area contributed by atoms with Crippen LogP contribution in [0.1, 0.15) is 17.6 Å². The Labute approximate surface area is 185 Å². The smallest absolute Gasteiger partial charge is 0.191 e. The molecule has 0 fully saturated rings. The average molecular weight is 515 g/mol. The number of aliphatic imine (C=N–C) groups is 1. The van der Waals surface area contributed by atoms with E-state index in [1.807, 2.05) is 14.0 Å². The topological polar surface area (TPSA) is 105 Å². The molecule has 0 aromatic carbocycles. The standard InChI is InChI=1S/C17H25N9S.HI/c1-4-18-17(20-6-5-13-10-27-12(2)25-13)21-8-7-19-15-14-9-24-26(3)16(14)23-11-22-15;/h9-11H,4-8H2,1-3H3,(H2,18,20,21)(H,19,22,23);1H. The first-order valence-corrected chi connectivity index (χ1v) is 9.85. The molecule has 0 spiro atoms. The van der Waals surface area contributed by atoms with Crippen LogP contribution in [0.2, 0.25) is 0 Å². The third kappa shape index (κ3) is 5.99. The lowest BCUT2D eigenvalue weighted by Crippen LogP contribution is -2.39. The van der Waals surface area contributed by atoms with Gasteiger partial charge in [0.1, 0.15) is 12.1 Å². The van der Waals surface area contributed by atoms with Gasteiger partial charge in [-0.05, 0) is 13.8 Å². The summed E-state index contributed by atoms with van der Waals surface area (Å²) < 4.78 is 1.74. The van der Waals surface area contributed by atoms with Crippen molar-refractivity contribution in [2.45, 2.75) is 20.3 Å². The lowest BCUT2D eigenvalue weighted by atomic mass is 10.3. The number of thiazole rings is 1. The monoisotopic (exact) mass is 515 g/mol. The van der Waals surface area contributed by atoms with Gasteiger partial charge in [-0.15, -0.1) is 35.3 Å². The molecular weight excluding hydrogens is 489 g/mol. The molecule has 0 bridgehead atoms. The van der Waals surface area contributed by atoms with Crippen molar-refractivity contribution in [1.29, 1.82) is 0 Å². The van der Waals surface area contributed by atoms with Gasteiger partial charge in [-0.3, -0.25) is 9.67 Å². The van der Waals surface area contributed by atoms with E-state index in [9.17, 15) is 0 Å². The third-order valence-electron chi connectivity index (χ3n) is 3.89. The molecule has 28 heavy (non-hydrogen) atoms. The van der Waals surface area contributed by atoms with E-state index in [-0.39, 0.29) is 24.0 Å². The minimum absolute atomic E-state index is 0. The Morgan fingerprint density at radius 2 is 2.11 bits per heavy atom. The molecule has 3 N–H and O–H groups in total. The average Bonchev–Trinajstić information content (AvgIpc) is 3.25. The Hall–Kier alpha value is -2.02. The Kier molecular flexibility index (Phi) is 8.83. The first kappa shape index (κ1) is 22.3. The minimum Gasteiger partial charge on any atom is -0.368 e. The summed E-state index contributed by atoms with van der Waals surface area (Å²) in [6.07, 6.45) is 4.17. The zero-order valence-electron chi connectivity index (χ0n) is 16.3. The third-order valence-corrected chi connectivity index (χ3v) is 4.71. The summed E-state index contributed by atoms with van der Waals surface area (Å²) >= 11 is 1.68. The summed E-state index contributed by atoms with van der Waals surface area (Å²) in [6, 6.07) is 0. The van der Waals surface area contributed by atoms with E-state index < -0.39 is 0 Å². The van der Waals surface area contributed by atoms with E-state index in [2.05, 4.69) is 53.3 Å². The Balaban J connectivity index is 0.00000280. The molecule has 0 radical (unpaired) electrons. The van der Waals surface area contributed by atoms with Crippen molar-refractivity contribution < 1.29 is 0 Å². The Bertz CT molecular complexity index is 905. The van der Waals surface area contributed by atoms with Gasteiger partial charge in [0.25, 0.3) is 0 Å². The lowest BCUT2D eigenvalue weighted by molar-refractivity contribution is 0.785. The molecule has 0 saturated heterocycles. The van der Waals surface area contributed by atoms with Crippen LogP contribution in [0.15, 0.2) is 22.9 Å². The van der Waals surface area contributed by atoms with Crippen molar-refractivity contribution in [2.24, 2.45) is 12.0 Å². The summed E-state index contributed by atoms with van der Waals surface area (Å²) in [5.74, 6) is 1.59. The van der Waals surface area contributed by atoms with E-state index in [4.69, 9.17) is 0 Å². The molecule has 0 saturated carbocycles. The number of aryl methyl sites for hydroxylation is 2. The second-order valence-corrected chi connectivity index (χ2v) is 7.01. The van der Waals surface area contributed by atoms with Crippen LogP contribution in [-0.4, -0.2) is 56.9 Å². The normalized spacial score (nSPS) is 11.3. The Morgan fingerprint density at radius 1 is 1.25 bits per heavy atom. The number of fused-ring (bicyclic) bond motifs is 1. The largest absolute Gasteiger partial charge is 0.368 e. The highest BCUT2D eigenvalue weighted by atomic mass is 127. The van der Waals surface area contributed by atoms with Crippen LogP contribution in [0.5, 0.6) is 0 Å². The summed E-state index contributed by atoms with van der Waals surface area (Å²) in [7, 11) is 1.87. The van der Waals surface area contributed by atoms with Gasteiger partial charge in [0.15, 0.2) is 11.6 Å². The fourth-order valence-corrected chi connectivity index (χ4v) is 3.26. The molecule has 11 heteroatoms. The zero-order chi connectivity index (χ0) is 19.1. The molecule has 9 nitrogen and oxygen atoms in total. The van der Waals surface area contributed by atoms with E-state index in [1.165, 1.54) is 0 Å². The van der Waals surface area contributed by atoms with Crippen LogP contribution in [0, 0.1) is 6.92 Å². The second kappa shape index (κ2) is 11.1. The van der Waals surface area contributed by atoms with Crippen molar-refractivity contribution in [1.82, 2.24) is 35.4 Å². The van der Waals surface area contributed by atoms with Crippen LogP contribution in [0.4, 0.5) is 5.82 Å². The number of nitrogens with one attached hydrogen (secondary N) is 3. The number of aromatic nitrogens is 5. The van der Waals surface area contributed by atoms with Gasteiger partial charge in [0.2, 0.25) is 0 Å². The van der Waals surface area contributed by atoms with Gasteiger partial charge < -0.3 is 16.0 Å². The van der Waals surface area contributed by atoms with Crippen LogP contribution < -0.4 is 16.0 Å². The summed E-state index contributed by atoms with van der Waals surface area (Å²) in [5.41, 5.74) is 1.91. The molecule has 3 heterocycles. The highest BCUT2D eigenvalue weighted by molar-refractivity contribution is 14.0. The number of hydrogen-bond acceptors (Lipinski definition) is 7. The fourth-order valence-electron chi connectivity index (χ4n) is 2.61. The number of guanidine groups is 1. The summed E-state index contributed by atoms with van der Waals surface area (Å²) in [4.78, 5) is 17.6. The van der Waals surface area contributed by atoms with Crippen molar-refractivity contribution in [2.75, 3.05) is 31.5 Å². The van der Waals surface area contributed by atoms with E-state index in [0.717, 1.165) is 46.5 Å². The molecule has 3 aromatic heterocycles. The highest BCUT2D eigenvalue weighted by Crippen LogP contribution is 2.17. The summed E-state index contributed by atoms with van der Waals surface area (Å²) in [6.45, 7) is 7.02. The van der Waals surface area contributed by atoms with Crippen LogP contribution in [0.25, 0.3) is 11.0 Å². The quantitative estimate of drug-likeness (QED) is 0.182. The number of hydrogen-bond donors (Lipinski definition) is 3. The van der Waals surface area contributed by atoms with Crippen molar-refractivity contribution >= 4 is 58.1 Å². The number of anilines is 1. The zero-order valence-corrected chi connectivity index (χ0v) is 19.4. The maximum atomic E-state index is 4.61. The first-order valence-electron chi connectivity index (χ1n) is 8.97. The second-order valence-electron chi connectivity index (χ2n) is 5.95. The van der Waals surface area contributed by atoms with Gasteiger partial charge >= 0.3 is 0 Å². The van der Waals surface area contributed by atoms with Gasteiger partial charge in [-0.1, -0.05) is 0 Å². The SMILES string of the molecule is CCNC(=NCCc1csc(C)n1)NCCNc1ncnc2c1cnn2C.I. The van der Waals surface area contributed by atoms with Crippen LogP contribution >= 0.6 is 35.3 Å². The van der Waals surface area contributed by atoms with E-state index in [1.54, 1.807) is 28.5 Å². The van der Waals surface area contributed by atoms with Gasteiger partial charge in [-0.25, -0.2) is 15.0 Å². The molecular formula is C17H26IN9S. The lowest BCUT2D eigenvalue weighted by Gasteiger charge is -2.12. The van der Waals surface area contributed by atoms with Crippen LogP contribution in [0.3, 0.4) is 0 Å². The van der Waals surface area contributed by atoms with E-state index in [0.29, 0.717) is 19.6 Å². The first-order chi connectivity index (χ1) is 13.2. The maximum Gasteiger partial charge on any atom is 0.191 e. The van der Waals surface area contributed by atoms with Gasteiger partial charge in [-0.2, -0.15) is 5.10 Å². The van der Waals surface area contributed by atoms with Gasteiger partial charge in [0.05, 0.1) is 22.3 Å². The van der Waals surface area contributed by atoms with E-state index >= 15 is 0 Å². The predicted octanol–water partition coefficient (Wildman–Crippen LogP) is 1.96. The Morgan fingerprint density at radius 3 is 2.86 bits per heavy atom.